The lowest BCUT2D eigenvalue weighted by atomic mass is 10.0. The molecule has 2 rings (SSSR count). The van der Waals surface area contributed by atoms with E-state index in [1.807, 2.05) is 38.1 Å². The molecule has 0 unspecified atom stereocenters. The Morgan fingerprint density at radius 1 is 1.12 bits per heavy atom. The molecule has 0 heterocycles. The van der Waals surface area contributed by atoms with Gasteiger partial charge in [0, 0.05) is 10.2 Å². The Balaban J connectivity index is 2.23. The van der Waals surface area contributed by atoms with E-state index in [1.165, 1.54) is 0 Å². The van der Waals surface area contributed by atoms with Crippen molar-refractivity contribution >= 4 is 43.2 Å². The van der Waals surface area contributed by atoms with Crippen LogP contribution in [0, 0.1) is 0 Å². The first kappa shape index (κ1) is 19.5. The molecule has 134 valence electrons. The van der Waals surface area contributed by atoms with Gasteiger partial charge < -0.3 is 5.32 Å². The van der Waals surface area contributed by atoms with Crippen LogP contribution in [0.5, 0.6) is 0 Å². The zero-order chi connectivity index (χ0) is 18.6. The van der Waals surface area contributed by atoms with E-state index in [0.29, 0.717) is 11.4 Å². The van der Waals surface area contributed by atoms with Gasteiger partial charge in [-0.2, -0.15) is 0 Å². The fourth-order valence-corrected chi connectivity index (χ4v) is 3.56. The highest BCUT2D eigenvalue weighted by Crippen LogP contribution is 2.24. The summed E-state index contributed by atoms with van der Waals surface area (Å²) in [6.45, 7) is 3.79. The number of hydrogen-bond donors (Lipinski definition) is 1. The first-order valence-electron chi connectivity index (χ1n) is 7.80. The standard InChI is InChI=1S/C18H21BrN2O3S/c1-13(2)16-6-4-5-7-17(16)20-18(22)12-21(25(3,23)24)15-10-8-14(19)9-11-15/h4-11,13H,12H2,1-3H3,(H,20,22). The highest BCUT2D eigenvalue weighted by molar-refractivity contribution is 9.10. The molecule has 1 amide bonds. The van der Waals surface area contributed by atoms with Crippen molar-refractivity contribution in [2.75, 3.05) is 22.4 Å². The number of carbonyl (C=O) groups excluding carboxylic acids is 1. The van der Waals surface area contributed by atoms with Crippen LogP contribution in [0.2, 0.25) is 0 Å². The Kier molecular flexibility index (Phi) is 6.24. The monoisotopic (exact) mass is 424 g/mol. The van der Waals surface area contributed by atoms with E-state index in [1.54, 1.807) is 24.3 Å². The third-order valence-corrected chi connectivity index (χ3v) is 5.33. The molecule has 0 aromatic heterocycles. The Morgan fingerprint density at radius 3 is 2.28 bits per heavy atom. The molecule has 25 heavy (non-hydrogen) atoms. The number of sulfonamides is 1. The van der Waals surface area contributed by atoms with Gasteiger partial charge in [-0.05, 0) is 41.8 Å². The third-order valence-electron chi connectivity index (χ3n) is 3.66. The largest absolute Gasteiger partial charge is 0.324 e. The molecule has 0 bridgehead atoms. The molecule has 2 aromatic carbocycles. The molecule has 7 heteroatoms. The van der Waals surface area contributed by atoms with Gasteiger partial charge in [-0.3, -0.25) is 9.10 Å². The predicted octanol–water partition coefficient (Wildman–Crippen LogP) is 3.98. The Bertz CT molecular complexity index is 849. The summed E-state index contributed by atoms with van der Waals surface area (Å²) in [4.78, 5) is 12.5. The van der Waals surface area contributed by atoms with Crippen molar-refractivity contribution in [2.24, 2.45) is 0 Å². The van der Waals surface area contributed by atoms with Gasteiger partial charge in [0.1, 0.15) is 6.54 Å². The average Bonchev–Trinajstić information content (AvgIpc) is 2.53. The molecule has 1 N–H and O–H groups in total. The number of para-hydroxylation sites is 1. The van der Waals surface area contributed by atoms with Gasteiger partial charge in [0.25, 0.3) is 0 Å². The molecular weight excluding hydrogens is 404 g/mol. The van der Waals surface area contributed by atoms with Crippen LogP contribution in [-0.4, -0.2) is 27.1 Å². The minimum Gasteiger partial charge on any atom is -0.324 e. The molecule has 0 aliphatic heterocycles. The summed E-state index contributed by atoms with van der Waals surface area (Å²) in [5.41, 5.74) is 2.15. The molecule has 0 fully saturated rings. The number of nitrogens with one attached hydrogen (secondary N) is 1. The molecule has 0 saturated heterocycles. The highest BCUT2D eigenvalue weighted by Gasteiger charge is 2.21. The van der Waals surface area contributed by atoms with Crippen molar-refractivity contribution in [3.63, 3.8) is 0 Å². The van der Waals surface area contributed by atoms with Crippen LogP contribution in [0.25, 0.3) is 0 Å². The topological polar surface area (TPSA) is 66.5 Å². The van der Waals surface area contributed by atoms with E-state index in [9.17, 15) is 13.2 Å². The third kappa shape index (κ3) is 5.31. The van der Waals surface area contributed by atoms with Gasteiger partial charge in [-0.1, -0.05) is 48.0 Å². The molecule has 0 radical (unpaired) electrons. The smallest absolute Gasteiger partial charge is 0.245 e. The number of carbonyl (C=O) groups is 1. The van der Waals surface area contributed by atoms with Gasteiger partial charge >= 0.3 is 0 Å². The summed E-state index contributed by atoms with van der Waals surface area (Å²) in [6.07, 6.45) is 1.09. The number of rotatable bonds is 6. The summed E-state index contributed by atoms with van der Waals surface area (Å²) in [7, 11) is -3.59. The maximum atomic E-state index is 12.5. The van der Waals surface area contributed by atoms with Crippen LogP contribution in [0.1, 0.15) is 25.3 Å². The van der Waals surface area contributed by atoms with Crippen LogP contribution >= 0.6 is 15.9 Å². The lowest BCUT2D eigenvalue weighted by molar-refractivity contribution is -0.114. The molecular formula is C18H21BrN2O3S. The summed E-state index contributed by atoms with van der Waals surface area (Å²) in [5, 5.41) is 2.82. The highest BCUT2D eigenvalue weighted by atomic mass is 79.9. The van der Waals surface area contributed by atoms with Gasteiger partial charge in [-0.15, -0.1) is 0 Å². The zero-order valence-electron chi connectivity index (χ0n) is 14.4. The molecule has 0 aliphatic carbocycles. The maximum absolute atomic E-state index is 12.5. The normalized spacial score (nSPS) is 11.4. The first-order valence-corrected chi connectivity index (χ1v) is 10.4. The molecule has 0 spiro atoms. The van der Waals surface area contributed by atoms with Crippen LogP contribution in [-0.2, 0) is 14.8 Å². The lowest BCUT2D eigenvalue weighted by Crippen LogP contribution is -2.37. The Labute approximate surface area is 157 Å². The number of nitrogens with zero attached hydrogens (tertiary/aromatic N) is 1. The first-order chi connectivity index (χ1) is 11.7. The van der Waals surface area contributed by atoms with E-state index in [0.717, 1.165) is 20.6 Å². The number of hydrogen-bond acceptors (Lipinski definition) is 3. The van der Waals surface area contributed by atoms with Crippen LogP contribution < -0.4 is 9.62 Å². The van der Waals surface area contributed by atoms with E-state index < -0.39 is 10.0 Å². The van der Waals surface area contributed by atoms with E-state index in [2.05, 4.69) is 21.2 Å². The molecule has 0 saturated carbocycles. The molecule has 0 atom stereocenters. The van der Waals surface area contributed by atoms with Crippen molar-refractivity contribution in [1.82, 2.24) is 0 Å². The minimum absolute atomic E-state index is 0.244. The number of benzene rings is 2. The lowest BCUT2D eigenvalue weighted by Gasteiger charge is -2.22. The second-order valence-electron chi connectivity index (χ2n) is 6.04. The summed E-state index contributed by atoms with van der Waals surface area (Å²) in [5.74, 6) is -0.143. The van der Waals surface area contributed by atoms with Gasteiger partial charge in [0.2, 0.25) is 15.9 Å². The molecule has 2 aromatic rings. The number of halogens is 1. The number of anilines is 2. The Morgan fingerprint density at radius 2 is 1.72 bits per heavy atom. The second kappa shape index (κ2) is 8.01. The Hall–Kier alpha value is -1.86. The SMILES string of the molecule is CC(C)c1ccccc1NC(=O)CN(c1ccc(Br)cc1)S(C)(=O)=O. The van der Waals surface area contributed by atoms with E-state index >= 15 is 0 Å². The molecule has 5 nitrogen and oxygen atoms in total. The average molecular weight is 425 g/mol. The van der Waals surface area contributed by atoms with Crippen molar-refractivity contribution < 1.29 is 13.2 Å². The quantitative estimate of drug-likeness (QED) is 0.762. The van der Waals surface area contributed by atoms with Gasteiger partial charge in [0.05, 0.1) is 11.9 Å². The van der Waals surface area contributed by atoms with Crippen LogP contribution in [0.3, 0.4) is 0 Å². The van der Waals surface area contributed by atoms with E-state index in [-0.39, 0.29) is 18.4 Å². The fourth-order valence-electron chi connectivity index (χ4n) is 2.44. The van der Waals surface area contributed by atoms with Crippen LogP contribution in [0.15, 0.2) is 53.0 Å². The predicted molar refractivity (Wildman–Crippen MR) is 105 cm³/mol. The van der Waals surface area contributed by atoms with E-state index in [4.69, 9.17) is 0 Å². The summed E-state index contributed by atoms with van der Waals surface area (Å²) < 4.78 is 26.2. The van der Waals surface area contributed by atoms with Gasteiger partial charge in [0.15, 0.2) is 0 Å². The van der Waals surface area contributed by atoms with Gasteiger partial charge in [-0.25, -0.2) is 8.42 Å². The zero-order valence-corrected chi connectivity index (χ0v) is 16.8. The second-order valence-corrected chi connectivity index (χ2v) is 8.86. The van der Waals surface area contributed by atoms with Crippen molar-refractivity contribution in [3.8, 4) is 0 Å². The summed E-state index contributed by atoms with van der Waals surface area (Å²) in [6, 6.07) is 14.3. The van der Waals surface area contributed by atoms with Crippen molar-refractivity contribution in [3.05, 3.63) is 58.6 Å². The van der Waals surface area contributed by atoms with Crippen molar-refractivity contribution in [1.29, 1.82) is 0 Å². The number of amides is 1. The van der Waals surface area contributed by atoms with Crippen LogP contribution in [0.4, 0.5) is 11.4 Å². The summed E-state index contributed by atoms with van der Waals surface area (Å²) >= 11 is 3.31. The minimum atomic E-state index is -3.59. The maximum Gasteiger partial charge on any atom is 0.245 e. The fraction of sp³-hybridized carbons (Fsp3) is 0.278. The molecule has 0 aliphatic rings. The van der Waals surface area contributed by atoms with Crippen molar-refractivity contribution in [2.45, 2.75) is 19.8 Å².